The molecule has 0 rings (SSSR count). The van der Waals surface area contributed by atoms with E-state index in [4.69, 9.17) is 15.3 Å². The zero-order valence-electron chi connectivity index (χ0n) is 13.7. The number of hydrogen-bond donors (Lipinski definition) is 3. The van der Waals surface area contributed by atoms with Crippen LogP contribution in [0.1, 0.15) is 41.5 Å². The van der Waals surface area contributed by atoms with E-state index in [1.807, 2.05) is 0 Å². The standard InChI is InChI=1S/3C5H8O2.Eu/c3*1-4(6)3-5(2)7;/h3*3,6H,1-2H3;/b3*4-3-;. The van der Waals surface area contributed by atoms with Gasteiger partial charge in [0.2, 0.25) is 0 Å². The number of ketones is 3. The van der Waals surface area contributed by atoms with Crippen LogP contribution in [0, 0.1) is 49.4 Å². The molecule has 0 atom stereocenters. The molecule has 0 aliphatic rings. The fourth-order valence-electron chi connectivity index (χ4n) is 0.882. The summed E-state index contributed by atoms with van der Waals surface area (Å²) in [4.78, 5) is 30.1. The molecule has 7 heteroatoms. The van der Waals surface area contributed by atoms with Gasteiger partial charge >= 0.3 is 0 Å². The van der Waals surface area contributed by atoms with Crippen molar-refractivity contribution in [1.29, 1.82) is 0 Å². The summed E-state index contributed by atoms with van der Waals surface area (Å²) in [5.41, 5.74) is 0. The van der Waals surface area contributed by atoms with E-state index in [2.05, 4.69) is 0 Å². The van der Waals surface area contributed by atoms with E-state index in [0.29, 0.717) is 0 Å². The molecule has 0 heterocycles. The van der Waals surface area contributed by atoms with Crippen LogP contribution >= 0.6 is 0 Å². The summed E-state index contributed by atoms with van der Waals surface area (Å²) in [5.74, 6) is -0.187. The van der Waals surface area contributed by atoms with E-state index in [-0.39, 0.29) is 84.0 Å². The monoisotopic (exact) mass is 453 g/mol. The van der Waals surface area contributed by atoms with E-state index in [9.17, 15) is 14.4 Å². The zero-order valence-corrected chi connectivity index (χ0v) is 16.1. The van der Waals surface area contributed by atoms with Gasteiger partial charge in [-0.1, -0.05) is 0 Å². The molecule has 1 radical (unpaired) electrons. The Morgan fingerprint density at radius 3 is 0.682 bits per heavy atom. The van der Waals surface area contributed by atoms with E-state index in [1.54, 1.807) is 0 Å². The number of hydrogen-bond acceptors (Lipinski definition) is 6. The maximum Gasteiger partial charge on any atom is 0.155 e. The van der Waals surface area contributed by atoms with Gasteiger partial charge in [0.15, 0.2) is 17.3 Å². The van der Waals surface area contributed by atoms with Gasteiger partial charge in [-0.2, -0.15) is 0 Å². The van der Waals surface area contributed by atoms with Crippen molar-refractivity contribution in [3.63, 3.8) is 0 Å². The van der Waals surface area contributed by atoms with Crippen LogP contribution in [0.15, 0.2) is 35.5 Å². The second kappa shape index (κ2) is 18.3. The minimum atomic E-state index is -0.125. The van der Waals surface area contributed by atoms with Gasteiger partial charge in [0, 0.05) is 67.6 Å². The Balaban J connectivity index is -0.000000108. The Morgan fingerprint density at radius 2 is 0.682 bits per heavy atom. The topological polar surface area (TPSA) is 112 Å². The molecule has 0 aliphatic heterocycles. The summed E-state index contributed by atoms with van der Waals surface area (Å²) in [6, 6.07) is 0. The molecule has 3 N–H and O–H groups in total. The summed E-state index contributed by atoms with van der Waals surface area (Å²) in [7, 11) is 0. The summed E-state index contributed by atoms with van der Waals surface area (Å²) >= 11 is 0. The van der Waals surface area contributed by atoms with E-state index < -0.39 is 0 Å². The predicted molar refractivity (Wildman–Crippen MR) is 81.2 cm³/mol. The summed E-state index contributed by atoms with van der Waals surface area (Å²) in [6.07, 6.45) is 3.50. The van der Waals surface area contributed by atoms with E-state index in [0.717, 1.165) is 0 Å². The van der Waals surface area contributed by atoms with Crippen molar-refractivity contribution >= 4 is 17.3 Å². The van der Waals surface area contributed by atoms with Crippen molar-refractivity contribution in [2.45, 2.75) is 41.5 Å². The molecule has 0 unspecified atom stereocenters. The Kier molecular flexibility index (Phi) is 24.3. The molecule has 0 saturated carbocycles. The number of carbonyl (C=O) groups is 3. The van der Waals surface area contributed by atoms with Gasteiger partial charge in [-0.25, -0.2) is 0 Å². The van der Waals surface area contributed by atoms with Gasteiger partial charge in [0.1, 0.15) is 0 Å². The Morgan fingerprint density at radius 1 is 0.545 bits per heavy atom. The van der Waals surface area contributed by atoms with Crippen LogP contribution in [0.4, 0.5) is 0 Å². The Bertz CT molecular complexity index is 368. The van der Waals surface area contributed by atoms with Crippen LogP contribution in [0.25, 0.3) is 0 Å². The van der Waals surface area contributed by atoms with Gasteiger partial charge in [0.05, 0.1) is 17.3 Å². The first-order chi connectivity index (χ1) is 9.38. The third-order valence-corrected chi connectivity index (χ3v) is 1.24. The molecular weight excluding hydrogens is 428 g/mol. The third kappa shape index (κ3) is 50.7. The molecule has 22 heavy (non-hydrogen) atoms. The van der Waals surface area contributed by atoms with Gasteiger partial charge in [-0.15, -0.1) is 0 Å². The molecule has 0 aromatic rings. The minimum absolute atomic E-state index is 0. The van der Waals surface area contributed by atoms with Crippen LogP contribution in [0.5, 0.6) is 0 Å². The van der Waals surface area contributed by atoms with Gasteiger partial charge in [-0.05, 0) is 41.5 Å². The second-order valence-electron chi connectivity index (χ2n) is 4.19. The molecule has 0 aromatic heterocycles. The summed E-state index contributed by atoms with van der Waals surface area (Å²) < 4.78 is 0. The van der Waals surface area contributed by atoms with Crippen LogP contribution in [0.2, 0.25) is 0 Å². The molecule has 0 fully saturated rings. The molecule has 127 valence electrons. The fourth-order valence-corrected chi connectivity index (χ4v) is 0.882. The molecule has 0 saturated heterocycles. The first-order valence-corrected chi connectivity index (χ1v) is 6.02. The SMILES string of the molecule is CC(=O)/C=C(/C)O.CC(=O)/C=C(/C)O.CC(=O)/C=C(/C)O.[Eu]. The molecule has 0 aliphatic carbocycles. The number of rotatable bonds is 3. The molecule has 0 amide bonds. The number of allylic oxidation sites excluding steroid dienone is 6. The van der Waals surface area contributed by atoms with Crippen molar-refractivity contribution in [3.05, 3.63) is 35.5 Å². The van der Waals surface area contributed by atoms with Gasteiger partial charge in [-0.3, -0.25) is 14.4 Å². The first kappa shape index (κ1) is 29.3. The summed E-state index contributed by atoms with van der Waals surface area (Å²) in [6.45, 7) is 8.54. The largest absolute Gasteiger partial charge is 0.512 e. The number of aliphatic hydroxyl groups excluding tert-OH is 3. The maximum absolute atomic E-state index is 10.0. The quantitative estimate of drug-likeness (QED) is 0.448. The average Bonchev–Trinajstić information content (AvgIpc) is 2.10. The average molecular weight is 452 g/mol. The fraction of sp³-hybridized carbons (Fsp3) is 0.400. The van der Waals surface area contributed by atoms with Crippen molar-refractivity contribution in [3.8, 4) is 0 Å². The Hall–Kier alpha value is -0.786. The van der Waals surface area contributed by atoms with Crippen molar-refractivity contribution < 1.29 is 79.1 Å². The van der Waals surface area contributed by atoms with Crippen molar-refractivity contribution in [1.82, 2.24) is 0 Å². The third-order valence-electron chi connectivity index (χ3n) is 1.24. The van der Waals surface area contributed by atoms with Gasteiger partial charge < -0.3 is 15.3 Å². The van der Waals surface area contributed by atoms with Crippen LogP contribution in [0.3, 0.4) is 0 Å². The smallest absolute Gasteiger partial charge is 0.155 e. The van der Waals surface area contributed by atoms with E-state index in [1.165, 1.54) is 59.8 Å². The molecule has 6 nitrogen and oxygen atoms in total. The van der Waals surface area contributed by atoms with Crippen LogP contribution in [-0.4, -0.2) is 32.7 Å². The molecular formula is C15H24EuO6. The minimum Gasteiger partial charge on any atom is -0.512 e. The first-order valence-electron chi connectivity index (χ1n) is 6.02. The van der Waals surface area contributed by atoms with Crippen LogP contribution in [-0.2, 0) is 14.4 Å². The second-order valence-corrected chi connectivity index (χ2v) is 4.19. The van der Waals surface area contributed by atoms with Crippen molar-refractivity contribution in [2.24, 2.45) is 0 Å². The van der Waals surface area contributed by atoms with Crippen molar-refractivity contribution in [2.75, 3.05) is 0 Å². The number of carbonyl (C=O) groups excluding carboxylic acids is 3. The summed E-state index contributed by atoms with van der Waals surface area (Å²) in [5, 5.41) is 25.1. The molecule has 0 aromatic carbocycles. The predicted octanol–water partition coefficient (Wildman–Crippen LogP) is 3.11. The number of aliphatic hydroxyl groups is 3. The van der Waals surface area contributed by atoms with Crippen LogP contribution < -0.4 is 0 Å². The molecule has 0 spiro atoms. The Labute approximate surface area is 172 Å². The normalized spacial score (nSPS) is 10.9. The van der Waals surface area contributed by atoms with Gasteiger partial charge in [0.25, 0.3) is 0 Å². The maximum atomic E-state index is 10.0. The van der Waals surface area contributed by atoms with E-state index >= 15 is 0 Å². The zero-order chi connectivity index (χ0) is 17.6. The molecule has 0 bridgehead atoms.